The van der Waals surface area contributed by atoms with Crippen molar-refractivity contribution in [3.63, 3.8) is 0 Å². The van der Waals surface area contributed by atoms with E-state index in [2.05, 4.69) is 9.97 Å². The molecule has 35 heavy (non-hydrogen) atoms. The van der Waals surface area contributed by atoms with Crippen molar-refractivity contribution in [1.29, 1.82) is 0 Å². The highest BCUT2D eigenvalue weighted by Crippen LogP contribution is 2.27. The predicted octanol–water partition coefficient (Wildman–Crippen LogP) is 2.79. The van der Waals surface area contributed by atoms with Crippen LogP contribution in [-0.4, -0.2) is 89.8 Å². The summed E-state index contributed by atoms with van der Waals surface area (Å²) >= 11 is 6.10. The van der Waals surface area contributed by atoms with Crippen molar-refractivity contribution in [3.8, 4) is 5.75 Å². The van der Waals surface area contributed by atoms with Crippen molar-refractivity contribution >= 4 is 23.4 Å². The van der Waals surface area contributed by atoms with Crippen LogP contribution < -0.4 is 4.74 Å². The van der Waals surface area contributed by atoms with Gasteiger partial charge in [-0.2, -0.15) is 0 Å². The van der Waals surface area contributed by atoms with E-state index in [0.717, 1.165) is 0 Å². The topological polar surface area (TPSA) is 94.1 Å². The number of hydrogen-bond acceptors (Lipinski definition) is 7. The highest BCUT2D eigenvalue weighted by molar-refractivity contribution is 6.30. The summed E-state index contributed by atoms with van der Waals surface area (Å²) in [5.74, 6) is 1.17. The number of benzene rings is 1. The quantitative estimate of drug-likeness (QED) is 0.574. The van der Waals surface area contributed by atoms with E-state index in [1.54, 1.807) is 46.5 Å². The van der Waals surface area contributed by atoms with Gasteiger partial charge in [0, 0.05) is 43.0 Å². The monoisotopic (exact) mass is 502 g/mol. The summed E-state index contributed by atoms with van der Waals surface area (Å²) in [6.07, 6.45) is 3.20. The molecule has 188 valence electrons. The molecule has 0 radical (unpaired) electrons. The molecule has 9 nitrogen and oxygen atoms in total. The Labute approximate surface area is 210 Å². The van der Waals surface area contributed by atoms with E-state index < -0.39 is 5.60 Å². The van der Waals surface area contributed by atoms with E-state index in [4.69, 9.17) is 25.8 Å². The Bertz CT molecular complexity index is 1030. The van der Waals surface area contributed by atoms with Gasteiger partial charge in [-0.3, -0.25) is 9.59 Å². The highest BCUT2D eigenvalue weighted by atomic mass is 35.5. The Balaban J connectivity index is 1.52. The second kappa shape index (κ2) is 11.3. The fourth-order valence-electron chi connectivity index (χ4n) is 4.16. The Hall–Kier alpha value is -2.75. The minimum absolute atomic E-state index is 0.0538. The average molecular weight is 503 g/mol. The van der Waals surface area contributed by atoms with E-state index in [-0.39, 0.29) is 43.9 Å². The fourth-order valence-corrected chi connectivity index (χ4v) is 4.34. The zero-order valence-electron chi connectivity index (χ0n) is 20.1. The van der Waals surface area contributed by atoms with Crippen LogP contribution in [0.4, 0.5) is 0 Å². The standard InChI is InChI=1S/C25H31ClN4O5/c1-18(2)23-27-14-19(15-28-23)24(32)30-8-11-35-25(16-30,13-22(31)29-6-9-33-10-7-29)17-34-21-5-3-4-20(26)12-21/h3-5,12,14-15,18H,6-11,13,16-17H2,1-2H3/t25-/m0/s1. The minimum atomic E-state index is -1.01. The van der Waals surface area contributed by atoms with E-state index >= 15 is 0 Å². The third-order valence-electron chi connectivity index (χ3n) is 6.11. The number of aromatic nitrogens is 2. The molecule has 10 heteroatoms. The van der Waals surface area contributed by atoms with Crippen molar-refractivity contribution in [3.05, 3.63) is 53.1 Å². The summed E-state index contributed by atoms with van der Waals surface area (Å²) in [6, 6.07) is 7.05. The molecule has 2 saturated heterocycles. The first-order chi connectivity index (χ1) is 16.8. The maximum absolute atomic E-state index is 13.3. The lowest BCUT2D eigenvalue weighted by Crippen LogP contribution is -2.58. The van der Waals surface area contributed by atoms with Crippen LogP contribution in [0.3, 0.4) is 0 Å². The molecule has 0 unspecified atom stereocenters. The molecule has 0 spiro atoms. The minimum Gasteiger partial charge on any atom is -0.490 e. The second-order valence-electron chi connectivity index (χ2n) is 9.16. The fraction of sp³-hybridized carbons (Fsp3) is 0.520. The van der Waals surface area contributed by atoms with Crippen molar-refractivity contribution in [2.75, 3.05) is 52.6 Å². The van der Waals surface area contributed by atoms with E-state index in [1.807, 2.05) is 13.8 Å². The maximum atomic E-state index is 13.3. The molecule has 0 N–H and O–H groups in total. The van der Waals surface area contributed by atoms with E-state index in [9.17, 15) is 9.59 Å². The first-order valence-electron chi connectivity index (χ1n) is 11.8. The van der Waals surface area contributed by atoms with Crippen molar-refractivity contribution < 1.29 is 23.8 Å². The molecule has 4 rings (SSSR count). The normalized spacial score (nSPS) is 20.7. The number of morpholine rings is 2. The Kier molecular flexibility index (Phi) is 8.20. The Morgan fingerprint density at radius 3 is 2.51 bits per heavy atom. The van der Waals surface area contributed by atoms with Gasteiger partial charge in [0.05, 0.1) is 38.3 Å². The van der Waals surface area contributed by atoms with Gasteiger partial charge in [-0.25, -0.2) is 9.97 Å². The number of ether oxygens (including phenoxy) is 3. The largest absolute Gasteiger partial charge is 0.490 e. The SMILES string of the molecule is CC(C)c1ncc(C(=O)N2CCO[C@@](COc3cccc(Cl)c3)(CC(=O)N3CCOCC3)C2)cn1. The third-order valence-corrected chi connectivity index (χ3v) is 6.34. The molecule has 3 heterocycles. The molecule has 2 amide bonds. The molecular formula is C25H31ClN4O5. The van der Waals surface area contributed by atoms with Crippen LogP contribution in [0.1, 0.15) is 42.4 Å². The van der Waals surface area contributed by atoms with E-state index in [1.165, 1.54) is 0 Å². The molecule has 1 atom stereocenters. The zero-order valence-corrected chi connectivity index (χ0v) is 20.9. The number of amides is 2. The van der Waals surface area contributed by atoms with Gasteiger partial charge in [0.15, 0.2) is 0 Å². The van der Waals surface area contributed by atoms with Crippen molar-refractivity contribution in [1.82, 2.24) is 19.8 Å². The number of nitrogens with zero attached hydrogens (tertiary/aromatic N) is 4. The van der Waals surface area contributed by atoms with Crippen molar-refractivity contribution in [2.45, 2.75) is 31.8 Å². The molecule has 1 aromatic carbocycles. The summed E-state index contributed by atoms with van der Waals surface area (Å²) in [7, 11) is 0. The smallest absolute Gasteiger partial charge is 0.257 e. The number of hydrogen-bond donors (Lipinski definition) is 0. The number of carbonyl (C=O) groups excluding carboxylic acids is 2. The molecule has 2 aliphatic heterocycles. The Morgan fingerprint density at radius 2 is 1.83 bits per heavy atom. The van der Waals surface area contributed by atoms with Gasteiger partial charge >= 0.3 is 0 Å². The third kappa shape index (κ3) is 6.48. The molecule has 0 aliphatic carbocycles. The maximum Gasteiger partial charge on any atom is 0.257 e. The predicted molar refractivity (Wildman–Crippen MR) is 130 cm³/mol. The molecule has 0 saturated carbocycles. The lowest BCUT2D eigenvalue weighted by Gasteiger charge is -2.43. The Morgan fingerprint density at radius 1 is 1.11 bits per heavy atom. The van der Waals surface area contributed by atoms with Crippen LogP contribution >= 0.6 is 11.6 Å². The van der Waals surface area contributed by atoms with Gasteiger partial charge in [-0.15, -0.1) is 0 Å². The van der Waals surface area contributed by atoms with Gasteiger partial charge in [0.1, 0.15) is 23.8 Å². The summed E-state index contributed by atoms with van der Waals surface area (Å²) in [5, 5.41) is 0.548. The van der Waals surface area contributed by atoms with E-state index in [0.29, 0.717) is 55.0 Å². The molecular weight excluding hydrogens is 472 g/mol. The summed E-state index contributed by atoms with van der Waals surface area (Å²) in [4.78, 5) is 38.6. The number of carbonyl (C=O) groups is 2. The van der Waals surface area contributed by atoms with Crippen LogP contribution in [0.2, 0.25) is 5.02 Å². The number of rotatable bonds is 7. The van der Waals surface area contributed by atoms with Crippen molar-refractivity contribution in [2.24, 2.45) is 0 Å². The first-order valence-corrected chi connectivity index (χ1v) is 12.2. The zero-order chi connectivity index (χ0) is 24.8. The summed E-state index contributed by atoms with van der Waals surface area (Å²) in [6.45, 7) is 7.06. The van der Waals surface area contributed by atoms with Gasteiger partial charge < -0.3 is 24.0 Å². The molecule has 2 aromatic rings. The van der Waals surface area contributed by atoms with Gasteiger partial charge in [-0.05, 0) is 18.2 Å². The lowest BCUT2D eigenvalue weighted by molar-refractivity contribution is -0.155. The van der Waals surface area contributed by atoms with Gasteiger partial charge in [-0.1, -0.05) is 31.5 Å². The van der Waals surface area contributed by atoms with Gasteiger partial charge in [0.2, 0.25) is 5.91 Å². The number of halogens is 1. The molecule has 0 bridgehead atoms. The summed E-state index contributed by atoms with van der Waals surface area (Å²) in [5.41, 5.74) is -0.606. The van der Waals surface area contributed by atoms with Crippen LogP contribution in [0.5, 0.6) is 5.75 Å². The molecule has 2 aliphatic rings. The highest BCUT2D eigenvalue weighted by Gasteiger charge is 2.42. The average Bonchev–Trinajstić information content (AvgIpc) is 2.88. The molecule has 2 fully saturated rings. The molecule has 1 aromatic heterocycles. The lowest BCUT2D eigenvalue weighted by atomic mass is 9.96. The van der Waals surface area contributed by atoms with Crippen LogP contribution in [-0.2, 0) is 14.3 Å². The first kappa shape index (κ1) is 25.3. The van der Waals surface area contributed by atoms with Crippen LogP contribution in [0, 0.1) is 0 Å². The second-order valence-corrected chi connectivity index (χ2v) is 9.60. The van der Waals surface area contributed by atoms with Gasteiger partial charge in [0.25, 0.3) is 5.91 Å². The van der Waals surface area contributed by atoms with Crippen LogP contribution in [0.15, 0.2) is 36.7 Å². The summed E-state index contributed by atoms with van der Waals surface area (Å²) < 4.78 is 17.6. The van der Waals surface area contributed by atoms with Crippen LogP contribution in [0.25, 0.3) is 0 Å².